The van der Waals surface area contributed by atoms with E-state index in [0.717, 1.165) is 114 Å². The lowest BCUT2D eigenvalue weighted by Gasteiger charge is -2.62. The van der Waals surface area contributed by atoms with Crippen LogP contribution in [0.2, 0.25) is 0 Å². The number of piperidine rings is 2. The van der Waals surface area contributed by atoms with Gasteiger partial charge in [0.05, 0.1) is 16.9 Å². The summed E-state index contributed by atoms with van der Waals surface area (Å²) in [5.74, 6) is 3.97. The molecule has 3 unspecified atom stereocenters. The summed E-state index contributed by atoms with van der Waals surface area (Å²) in [6.45, 7) is 18.6. The first kappa shape index (κ1) is 48.9. The zero-order valence-corrected chi connectivity index (χ0v) is 44.9. The molecule has 0 radical (unpaired) electrons. The molecule has 1 N–H and O–H groups in total. The van der Waals surface area contributed by atoms with Gasteiger partial charge in [0, 0.05) is 59.1 Å². The lowest BCUT2D eigenvalue weighted by atomic mass is 9.43. The van der Waals surface area contributed by atoms with Crippen LogP contribution in [0.4, 0.5) is 0 Å². The van der Waals surface area contributed by atoms with Gasteiger partial charge in [-0.05, 0) is 178 Å². The second kappa shape index (κ2) is 17.5. The first-order valence-corrected chi connectivity index (χ1v) is 29.8. The fourth-order valence-corrected chi connectivity index (χ4v) is 20.8. The van der Waals surface area contributed by atoms with Gasteiger partial charge in [0.25, 0.3) is 0 Å². The highest BCUT2D eigenvalue weighted by Crippen LogP contribution is 2.70. The maximum absolute atomic E-state index is 13.9. The number of hydrogen-bond donors (Lipinski definition) is 1. The van der Waals surface area contributed by atoms with Crippen molar-refractivity contribution < 1.29 is 47.3 Å². The Labute approximate surface area is 442 Å². The minimum atomic E-state index is -2.54. The van der Waals surface area contributed by atoms with Crippen molar-refractivity contribution in [3.63, 3.8) is 0 Å². The van der Waals surface area contributed by atoms with E-state index in [9.17, 15) is 24.1 Å². The molecule has 12 nitrogen and oxygen atoms in total. The number of carbonyl (C=O) groups is 3. The molecular weight excluding hydrogens is 964 g/mol. The van der Waals surface area contributed by atoms with Crippen LogP contribution >= 0.6 is 8.25 Å². The van der Waals surface area contributed by atoms with Crippen LogP contribution in [-0.2, 0) is 47.1 Å². The van der Waals surface area contributed by atoms with E-state index in [4.69, 9.17) is 23.3 Å². The Morgan fingerprint density at radius 3 is 2.01 bits per heavy atom. The van der Waals surface area contributed by atoms with Crippen molar-refractivity contribution in [2.24, 2.45) is 58.2 Å². The van der Waals surface area contributed by atoms with E-state index in [2.05, 4.69) is 68.0 Å². The summed E-state index contributed by atoms with van der Waals surface area (Å²) in [6.07, 6.45) is 21.5. The number of ether oxygens (including phenoxy) is 3. The summed E-state index contributed by atoms with van der Waals surface area (Å²) in [5.41, 5.74) is 3.72. The van der Waals surface area contributed by atoms with Gasteiger partial charge in [-0.15, -0.1) is 17.7 Å². The summed E-state index contributed by atoms with van der Waals surface area (Å²) >= 11 is 0. The average Bonchev–Trinajstić information content (AvgIpc) is 4.25. The molecule has 396 valence electrons. The van der Waals surface area contributed by atoms with Crippen LogP contribution in [0.1, 0.15) is 120 Å². The highest BCUT2D eigenvalue weighted by molar-refractivity contribution is 7.33. The topological polar surface area (TPSA) is 141 Å². The van der Waals surface area contributed by atoms with Crippen LogP contribution in [-0.4, -0.2) is 95.1 Å². The van der Waals surface area contributed by atoms with Gasteiger partial charge >= 0.3 is 14.2 Å². The summed E-state index contributed by atoms with van der Waals surface area (Å²) in [5, 5.41) is 12.3. The van der Waals surface area contributed by atoms with Crippen LogP contribution < -0.4 is 18.7 Å². The number of aliphatic hydroxyl groups excluding tert-OH is 1. The van der Waals surface area contributed by atoms with Gasteiger partial charge in [-0.25, -0.2) is 4.52 Å². The monoisotopic (exact) mass is 1040 g/mol. The van der Waals surface area contributed by atoms with E-state index in [1.807, 2.05) is 24.3 Å². The molecule has 75 heavy (non-hydrogen) atoms. The molecule has 4 heterocycles. The van der Waals surface area contributed by atoms with Crippen LogP contribution in [0.15, 0.2) is 73.9 Å². The molecule has 14 rings (SSSR count). The van der Waals surface area contributed by atoms with E-state index < -0.39 is 37.4 Å². The number of carbonyl (C=O) groups excluding carboxylic acids is 3. The van der Waals surface area contributed by atoms with Gasteiger partial charge in [-0.2, -0.15) is 0 Å². The fourth-order valence-electron chi connectivity index (χ4n) is 20.1. The van der Waals surface area contributed by atoms with Crippen molar-refractivity contribution in [3.05, 3.63) is 96.1 Å². The fraction of sp³-hybridized carbons (Fsp3) is 0.629. The largest absolute Gasteiger partial charge is 0.750 e. The minimum Gasteiger partial charge on any atom is -0.477 e. The smallest absolute Gasteiger partial charge is 0.477 e. The van der Waals surface area contributed by atoms with Crippen molar-refractivity contribution >= 4 is 25.8 Å². The van der Waals surface area contributed by atoms with Crippen molar-refractivity contribution in [2.45, 2.75) is 158 Å². The highest BCUT2D eigenvalue weighted by atomic mass is 31.1. The number of nitrogens with zero attached hydrogens (tertiary/aromatic N) is 2. The van der Waals surface area contributed by atoms with E-state index in [1.54, 1.807) is 12.2 Å². The first-order valence-electron chi connectivity index (χ1n) is 28.7. The first-order chi connectivity index (χ1) is 36.2. The number of fused-ring (bicyclic) bond motifs is 5. The standard InChI is InChI=1S/C62H74N2O10P/c1-6-26-63-28-24-61-40-13-15-46(65)57(61)71-55-49(17-9-35(53(55)61)30-44(40)63)70-51(68)19-8-34(3)39-11-12-42-52-43(21-23-60(39,42)5)59(4)22-20-38(32-37(59)33-48(52)67)73-75(69)74-50-18-10-36-31-45-41-14-16-47(66)58-62(41,54(36)56(50)72-58)25-29-64(45)27-7-2/h6-7,9-10,13-18,34,37-45,48,52,57-58,67H,1-2,8,11-12,19-33H2,3-5H3/q+1/t34-,37+,38-,39-,40+,41+,42+,43+,44-,45-,48-,52+,57+,58+,59+,60-,61?,62?/m1/s1. The molecule has 0 aromatic heterocycles. The molecule has 4 saturated carbocycles. The Bertz CT molecular complexity index is 2880. The molecule has 13 heteroatoms. The van der Waals surface area contributed by atoms with Crippen LogP contribution in [0.3, 0.4) is 0 Å². The Kier molecular flexibility index (Phi) is 11.4. The lowest BCUT2D eigenvalue weighted by Crippen LogP contribution is -2.64. The Morgan fingerprint density at radius 1 is 0.800 bits per heavy atom. The van der Waals surface area contributed by atoms with E-state index in [0.29, 0.717) is 59.5 Å². The molecule has 6 fully saturated rings. The Morgan fingerprint density at radius 2 is 1.39 bits per heavy atom. The zero-order chi connectivity index (χ0) is 51.5. The number of aliphatic hydroxyl groups is 1. The van der Waals surface area contributed by atoms with Crippen molar-refractivity contribution in [1.82, 2.24) is 9.80 Å². The quantitative estimate of drug-likeness (QED) is 0.0884. The SMILES string of the molecule is C=CCN1CCC23c4c5ccc(OC(=O)CC[C@@H](C)[C@H]6CC[C@H]7[C@@H]8[C@H](O)C[C@@H]9C[C@H](O[P+](=O)Oc%10ccc%11c%12c%10O[C@H]%10C(=O)C=C[C@H]%13[C@@H](C%11)N(CC=C)CCC%12%10%13)CC[C@]9(C)[C@H]8CC[C@]67C)c4O[C@H]2C(=O)C=C[C@H]3[C@H]1C5. The van der Waals surface area contributed by atoms with Gasteiger partial charge in [-0.1, -0.05) is 57.2 Å². The van der Waals surface area contributed by atoms with Gasteiger partial charge in [0.2, 0.25) is 5.75 Å². The van der Waals surface area contributed by atoms with Gasteiger partial charge in [0.15, 0.2) is 41.0 Å². The normalized spacial score (nSPS) is 42.5. The molecule has 8 aliphatic carbocycles. The lowest BCUT2D eigenvalue weighted by molar-refractivity contribution is -0.172. The zero-order valence-electron chi connectivity index (χ0n) is 44.0. The Balaban J connectivity index is 0.611. The van der Waals surface area contributed by atoms with Crippen LogP contribution in [0.5, 0.6) is 23.0 Å². The molecule has 2 aromatic rings. The average molecular weight is 1040 g/mol. The highest BCUT2D eigenvalue weighted by Gasteiger charge is 2.68. The van der Waals surface area contributed by atoms with E-state index >= 15 is 0 Å². The molecule has 4 bridgehead atoms. The summed E-state index contributed by atoms with van der Waals surface area (Å²) < 4.78 is 45.9. The summed E-state index contributed by atoms with van der Waals surface area (Å²) in [6, 6.07) is 8.42. The predicted molar refractivity (Wildman–Crippen MR) is 282 cm³/mol. The maximum Gasteiger partial charge on any atom is 0.750 e. The molecule has 2 aromatic carbocycles. The third-order valence-electron chi connectivity index (χ3n) is 23.2. The molecule has 12 aliphatic rings. The van der Waals surface area contributed by atoms with Crippen molar-refractivity contribution in [2.75, 3.05) is 26.2 Å². The Hall–Kier alpha value is -4.45. The van der Waals surface area contributed by atoms with Crippen LogP contribution in [0, 0.1) is 58.2 Å². The van der Waals surface area contributed by atoms with E-state index in [-0.39, 0.29) is 70.2 Å². The number of likely N-dealkylation sites (tertiary alicyclic amines) is 2. The second-order valence-electron chi connectivity index (χ2n) is 25.9. The maximum atomic E-state index is 13.9. The minimum absolute atomic E-state index is 0.00707. The van der Waals surface area contributed by atoms with Crippen molar-refractivity contribution in [3.8, 4) is 23.0 Å². The molecule has 19 atom stereocenters. The third kappa shape index (κ3) is 6.83. The van der Waals surface area contributed by atoms with Gasteiger partial charge < -0.3 is 19.3 Å². The third-order valence-corrected chi connectivity index (χ3v) is 24.0. The summed E-state index contributed by atoms with van der Waals surface area (Å²) in [7, 11) is -2.54. The van der Waals surface area contributed by atoms with Gasteiger partial charge in [0.1, 0.15) is 6.10 Å². The molecule has 2 spiro atoms. The van der Waals surface area contributed by atoms with Crippen LogP contribution in [0.25, 0.3) is 0 Å². The molecule has 0 amide bonds. The predicted octanol–water partition coefficient (Wildman–Crippen LogP) is 9.90. The van der Waals surface area contributed by atoms with Crippen molar-refractivity contribution in [1.29, 1.82) is 0 Å². The number of rotatable bonds is 13. The number of hydrogen-bond acceptors (Lipinski definition) is 12. The van der Waals surface area contributed by atoms with Gasteiger partial charge in [-0.3, -0.25) is 24.2 Å². The molecule has 2 saturated heterocycles. The summed E-state index contributed by atoms with van der Waals surface area (Å²) in [4.78, 5) is 45.8. The number of ketones is 2. The second-order valence-corrected chi connectivity index (χ2v) is 26.8. The van der Waals surface area contributed by atoms with E-state index in [1.165, 1.54) is 11.1 Å². The number of esters is 1. The number of benzene rings is 2. The molecular formula is C62H74N2O10P+. The molecule has 4 aliphatic heterocycles.